The molecule has 2 amide bonds. The Morgan fingerprint density at radius 2 is 1.91 bits per heavy atom. The van der Waals surface area contributed by atoms with Gasteiger partial charge in [0.25, 0.3) is 0 Å². The highest BCUT2D eigenvalue weighted by atomic mass is 79.9. The maximum Gasteiger partial charge on any atom is 0.407 e. The maximum absolute atomic E-state index is 13.7. The third kappa shape index (κ3) is 4.81. The monoisotopic (exact) mass is 519 g/mol. The molecule has 2 saturated heterocycles. The minimum absolute atomic E-state index is 0.123. The standard InChI is InChI=1S/C24H30BrN3O5/c1-14(2)20(27-23(30)31-4)22(29)28-13-24(32-9-10-33-24)12-19(28)21-15(3)11-18(26-21)16-5-7-17(25)8-6-16/h5-8,11,14,19-20,26H,9-10,12-13H2,1-4H3,(H,27,30). The van der Waals surface area contributed by atoms with Crippen LogP contribution in [0.15, 0.2) is 34.8 Å². The van der Waals surface area contributed by atoms with Crippen molar-refractivity contribution in [1.82, 2.24) is 15.2 Å². The number of hydrogen-bond donors (Lipinski definition) is 2. The minimum Gasteiger partial charge on any atom is -0.453 e. The summed E-state index contributed by atoms with van der Waals surface area (Å²) in [6.45, 7) is 7.12. The molecule has 0 radical (unpaired) electrons. The summed E-state index contributed by atoms with van der Waals surface area (Å²) in [5, 5.41) is 2.70. The van der Waals surface area contributed by atoms with Gasteiger partial charge in [0.1, 0.15) is 6.04 Å². The molecule has 2 atom stereocenters. The Labute approximate surface area is 202 Å². The summed E-state index contributed by atoms with van der Waals surface area (Å²) in [5.74, 6) is -1.14. The van der Waals surface area contributed by atoms with Crippen LogP contribution in [0.3, 0.4) is 0 Å². The van der Waals surface area contributed by atoms with E-state index in [-0.39, 0.29) is 17.9 Å². The summed E-state index contributed by atoms with van der Waals surface area (Å²) in [5.41, 5.74) is 4.02. The number of ether oxygens (including phenoxy) is 3. The molecule has 2 aliphatic heterocycles. The van der Waals surface area contributed by atoms with E-state index in [2.05, 4.69) is 32.3 Å². The number of amides is 2. The van der Waals surface area contributed by atoms with Gasteiger partial charge in [-0.15, -0.1) is 0 Å². The van der Waals surface area contributed by atoms with Gasteiger partial charge in [-0.2, -0.15) is 0 Å². The molecular formula is C24H30BrN3O5. The number of methoxy groups -OCH3 is 1. The number of aromatic amines is 1. The van der Waals surface area contributed by atoms with Crippen LogP contribution in [0.2, 0.25) is 0 Å². The smallest absolute Gasteiger partial charge is 0.407 e. The van der Waals surface area contributed by atoms with Crippen LogP contribution in [0.25, 0.3) is 11.3 Å². The minimum atomic E-state index is -0.831. The number of aryl methyl sites for hydroxylation is 1. The van der Waals surface area contributed by atoms with E-state index in [1.165, 1.54) is 7.11 Å². The van der Waals surface area contributed by atoms with E-state index in [0.29, 0.717) is 26.2 Å². The molecular weight excluding hydrogens is 490 g/mol. The molecule has 9 heteroatoms. The molecule has 1 spiro atoms. The van der Waals surface area contributed by atoms with Crippen molar-refractivity contribution in [2.45, 2.75) is 45.1 Å². The zero-order valence-electron chi connectivity index (χ0n) is 19.3. The molecule has 0 saturated carbocycles. The SMILES string of the molecule is COC(=O)NC(C(=O)N1CC2(CC1c1[nH]c(-c3ccc(Br)cc3)cc1C)OCCO2)C(C)C. The fraction of sp³-hybridized carbons (Fsp3) is 0.500. The molecule has 3 heterocycles. The van der Waals surface area contributed by atoms with Gasteiger partial charge in [0.15, 0.2) is 5.79 Å². The number of nitrogens with one attached hydrogen (secondary N) is 2. The third-order valence-corrected chi connectivity index (χ3v) is 6.85. The van der Waals surface area contributed by atoms with E-state index < -0.39 is 17.9 Å². The lowest BCUT2D eigenvalue weighted by Crippen LogP contribution is -2.52. The molecule has 1 aromatic heterocycles. The fourth-order valence-electron chi connectivity index (χ4n) is 4.62. The molecule has 2 aliphatic rings. The normalized spacial score (nSPS) is 20.4. The highest BCUT2D eigenvalue weighted by Crippen LogP contribution is 2.44. The Morgan fingerprint density at radius 1 is 1.24 bits per heavy atom. The number of carbonyl (C=O) groups is 2. The first-order valence-corrected chi connectivity index (χ1v) is 11.9. The van der Waals surface area contributed by atoms with Gasteiger partial charge in [0, 0.05) is 22.3 Å². The first-order chi connectivity index (χ1) is 15.7. The Morgan fingerprint density at radius 3 is 2.52 bits per heavy atom. The molecule has 2 unspecified atom stereocenters. The van der Waals surface area contributed by atoms with Crippen molar-refractivity contribution in [2.24, 2.45) is 5.92 Å². The van der Waals surface area contributed by atoms with Crippen LogP contribution >= 0.6 is 15.9 Å². The number of alkyl carbamates (subject to hydrolysis) is 1. The van der Waals surface area contributed by atoms with Crippen molar-refractivity contribution in [2.75, 3.05) is 26.9 Å². The Bertz CT molecular complexity index is 1010. The molecule has 178 valence electrons. The quantitative estimate of drug-likeness (QED) is 0.618. The van der Waals surface area contributed by atoms with Crippen LogP contribution in [0.1, 0.15) is 37.6 Å². The molecule has 2 aromatic rings. The Hall–Kier alpha value is -2.36. The van der Waals surface area contributed by atoms with Crippen LogP contribution in [0, 0.1) is 12.8 Å². The van der Waals surface area contributed by atoms with Gasteiger partial charge in [0.2, 0.25) is 5.91 Å². The van der Waals surface area contributed by atoms with Gasteiger partial charge in [-0.05, 0) is 42.2 Å². The zero-order chi connectivity index (χ0) is 23.8. The maximum atomic E-state index is 13.7. The molecule has 0 aliphatic carbocycles. The van der Waals surface area contributed by atoms with Crippen molar-refractivity contribution in [3.05, 3.63) is 46.1 Å². The van der Waals surface area contributed by atoms with Crippen molar-refractivity contribution in [3.8, 4) is 11.3 Å². The van der Waals surface area contributed by atoms with Crippen molar-refractivity contribution in [3.63, 3.8) is 0 Å². The number of halogens is 1. The number of likely N-dealkylation sites (tertiary alicyclic amines) is 1. The Balaban J connectivity index is 1.68. The summed E-state index contributed by atoms with van der Waals surface area (Å²) in [6, 6.07) is 9.16. The highest BCUT2D eigenvalue weighted by molar-refractivity contribution is 9.10. The Kier molecular flexibility index (Phi) is 6.83. The van der Waals surface area contributed by atoms with Crippen molar-refractivity contribution >= 4 is 27.9 Å². The second-order valence-electron chi connectivity index (χ2n) is 8.94. The fourth-order valence-corrected chi connectivity index (χ4v) is 4.88. The molecule has 0 bridgehead atoms. The molecule has 4 rings (SSSR count). The number of aromatic nitrogens is 1. The summed E-state index contributed by atoms with van der Waals surface area (Å²) in [7, 11) is 1.29. The molecule has 8 nitrogen and oxygen atoms in total. The first kappa shape index (κ1) is 23.8. The van der Waals surface area contributed by atoms with Gasteiger partial charge < -0.3 is 29.4 Å². The molecule has 1 aromatic carbocycles. The van der Waals surface area contributed by atoms with Gasteiger partial charge >= 0.3 is 6.09 Å². The van der Waals surface area contributed by atoms with Gasteiger partial charge in [-0.3, -0.25) is 4.79 Å². The van der Waals surface area contributed by atoms with E-state index in [0.717, 1.165) is 27.0 Å². The summed E-state index contributed by atoms with van der Waals surface area (Å²) < 4.78 is 17.7. The lowest BCUT2D eigenvalue weighted by Gasteiger charge is -2.30. The van der Waals surface area contributed by atoms with Gasteiger partial charge in [-0.1, -0.05) is 41.9 Å². The average molecular weight is 520 g/mol. The predicted molar refractivity (Wildman–Crippen MR) is 127 cm³/mol. The van der Waals surface area contributed by atoms with Crippen LogP contribution < -0.4 is 5.32 Å². The average Bonchev–Trinajstić information content (AvgIpc) is 3.51. The molecule has 33 heavy (non-hydrogen) atoms. The van der Waals surface area contributed by atoms with Crippen LogP contribution in [-0.2, 0) is 19.0 Å². The first-order valence-electron chi connectivity index (χ1n) is 11.1. The zero-order valence-corrected chi connectivity index (χ0v) is 20.9. The van der Waals surface area contributed by atoms with Crippen molar-refractivity contribution in [1.29, 1.82) is 0 Å². The van der Waals surface area contributed by atoms with Crippen molar-refractivity contribution < 1.29 is 23.8 Å². The number of rotatable bonds is 5. The largest absolute Gasteiger partial charge is 0.453 e. The number of carbonyl (C=O) groups excluding carboxylic acids is 2. The predicted octanol–water partition coefficient (Wildman–Crippen LogP) is 4.15. The van der Waals surface area contributed by atoms with E-state index >= 15 is 0 Å². The van der Waals surface area contributed by atoms with Crippen LogP contribution in [0.4, 0.5) is 4.79 Å². The van der Waals surface area contributed by atoms with E-state index in [1.54, 1.807) is 4.90 Å². The van der Waals surface area contributed by atoms with Crippen LogP contribution in [0.5, 0.6) is 0 Å². The number of H-pyrrole nitrogens is 1. The lowest BCUT2D eigenvalue weighted by atomic mass is 10.0. The number of benzene rings is 1. The summed E-state index contributed by atoms with van der Waals surface area (Å²) in [6.07, 6.45) is -0.113. The van der Waals surface area contributed by atoms with E-state index in [1.807, 2.05) is 45.0 Å². The van der Waals surface area contributed by atoms with E-state index in [9.17, 15) is 9.59 Å². The molecule has 2 fully saturated rings. The number of hydrogen-bond acceptors (Lipinski definition) is 5. The third-order valence-electron chi connectivity index (χ3n) is 6.32. The number of nitrogens with zero attached hydrogens (tertiary/aromatic N) is 1. The second kappa shape index (κ2) is 9.48. The second-order valence-corrected chi connectivity index (χ2v) is 9.85. The van der Waals surface area contributed by atoms with Gasteiger partial charge in [0.05, 0.1) is 32.9 Å². The van der Waals surface area contributed by atoms with E-state index in [4.69, 9.17) is 14.2 Å². The van der Waals surface area contributed by atoms with Crippen LogP contribution in [-0.4, -0.2) is 60.6 Å². The summed E-state index contributed by atoms with van der Waals surface area (Å²) >= 11 is 3.48. The lowest BCUT2D eigenvalue weighted by molar-refractivity contribution is -0.153. The molecule has 2 N–H and O–H groups in total. The highest BCUT2D eigenvalue weighted by Gasteiger charge is 2.52. The summed E-state index contributed by atoms with van der Waals surface area (Å²) in [4.78, 5) is 30.9. The van der Waals surface area contributed by atoms with Gasteiger partial charge in [-0.25, -0.2) is 4.79 Å². The topological polar surface area (TPSA) is 92.9 Å².